The van der Waals surface area contributed by atoms with E-state index in [2.05, 4.69) is 52.4 Å². The van der Waals surface area contributed by atoms with E-state index in [0.717, 1.165) is 22.0 Å². The zero-order valence-corrected chi connectivity index (χ0v) is 17.8. The summed E-state index contributed by atoms with van der Waals surface area (Å²) in [5.74, 6) is -0.184. The molecule has 1 atom stereocenters. The number of rotatable bonds is 8. The molecule has 2 aromatic rings. The summed E-state index contributed by atoms with van der Waals surface area (Å²) >= 11 is 3.46. The maximum absolute atomic E-state index is 12.9. The van der Waals surface area contributed by atoms with Crippen molar-refractivity contribution in [3.05, 3.63) is 69.7 Å². The van der Waals surface area contributed by atoms with E-state index in [-0.39, 0.29) is 11.8 Å². The van der Waals surface area contributed by atoms with E-state index < -0.39 is 6.04 Å². The van der Waals surface area contributed by atoms with Gasteiger partial charge in [-0.15, -0.1) is 0 Å². The van der Waals surface area contributed by atoms with E-state index in [1.807, 2.05) is 24.3 Å². The van der Waals surface area contributed by atoms with Crippen LogP contribution in [0.15, 0.2) is 53.0 Å². The molecular weight excluding hydrogens is 404 g/mol. The molecule has 5 heteroatoms. The lowest BCUT2D eigenvalue weighted by Gasteiger charge is -2.28. The van der Waals surface area contributed by atoms with E-state index in [9.17, 15) is 9.59 Å². The highest BCUT2D eigenvalue weighted by Gasteiger charge is 2.25. The predicted molar refractivity (Wildman–Crippen MR) is 112 cm³/mol. The average Bonchev–Trinajstić information content (AvgIpc) is 2.69. The Morgan fingerprint density at radius 1 is 1.07 bits per heavy atom. The van der Waals surface area contributed by atoms with Crippen molar-refractivity contribution in [3.8, 4) is 0 Å². The van der Waals surface area contributed by atoms with Gasteiger partial charge in [-0.05, 0) is 48.6 Å². The van der Waals surface area contributed by atoms with Gasteiger partial charge in [0.05, 0.1) is 0 Å². The van der Waals surface area contributed by atoms with Gasteiger partial charge < -0.3 is 10.2 Å². The molecule has 144 valence electrons. The van der Waals surface area contributed by atoms with Gasteiger partial charge in [-0.1, -0.05) is 59.3 Å². The van der Waals surface area contributed by atoms with Gasteiger partial charge in [0.15, 0.2) is 0 Å². The summed E-state index contributed by atoms with van der Waals surface area (Å²) in [7, 11) is 1.59. The molecule has 2 aromatic carbocycles. The molecule has 0 aliphatic heterocycles. The Hall–Kier alpha value is -2.14. The van der Waals surface area contributed by atoms with Crippen molar-refractivity contribution in [2.45, 2.75) is 45.7 Å². The van der Waals surface area contributed by atoms with Crippen molar-refractivity contribution >= 4 is 27.7 Å². The first-order valence-electron chi connectivity index (χ1n) is 9.28. The summed E-state index contributed by atoms with van der Waals surface area (Å²) < 4.78 is 0.955. The summed E-state index contributed by atoms with van der Waals surface area (Å²) in [5, 5.41) is 2.64. The average molecular weight is 431 g/mol. The number of benzene rings is 2. The molecule has 4 nitrogen and oxygen atoms in total. The molecular formula is C22H27BrN2O2. The zero-order valence-electron chi connectivity index (χ0n) is 16.2. The number of carbonyl (C=O) groups is 2. The third-order valence-electron chi connectivity index (χ3n) is 4.71. The van der Waals surface area contributed by atoms with Gasteiger partial charge in [0, 0.05) is 24.5 Å². The van der Waals surface area contributed by atoms with E-state index in [4.69, 9.17) is 0 Å². The van der Waals surface area contributed by atoms with Gasteiger partial charge in [0.1, 0.15) is 6.04 Å². The van der Waals surface area contributed by atoms with Crippen LogP contribution in [0.4, 0.5) is 0 Å². The van der Waals surface area contributed by atoms with E-state index >= 15 is 0 Å². The smallest absolute Gasteiger partial charge is 0.242 e. The molecule has 0 aromatic heterocycles. The maximum Gasteiger partial charge on any atom is 0.242 e. The highest BCUT2D eigenvalue weighted by atomic mass is 79.9. The number of carbonyl (C=O) groups excluding carboxylic acids is 2. The number of amides is 2. The van der Waals surface area contributed by atoms with Gasteiger partial charge in [-0.25, -0.2) is 0 Å². The summed E-state index contributed by atoms with van der Waals surface area (Å²) in [5.41, 5.74) is 3.41. The molecule has 27 heavy (non-hydrogen) atoms. The van der Waals surface area contributed by atoms with Gasteiger partial charge >= 0.3 is 0 Å². The number of likely N-dealkylation sites (N-methyl/N-ethyl adjacent to an activating group) is 1. The van der Waals surface area contributed by atoms with Gasteiger partial charge in [-0.2, -0.15) is 0 Å². The van der Waals surface area contributed by atoms with Crippen LogP contribution in [0.2, 0.25) is 0 Å². The number of halogens is 1. The molecule has 0 heterocycles. The zero-order chi connectivity index (χ0) is 19.8. The van der Waals surface area contributed by atoms with Crippen molar-refractivity contribution in [1.82, 2.24) is 10.2 Å². The highest BCUT2D eigenvalue weighted by molar-refractivity contribution is 9.10. The molecule has 0 bridgehead atoms. The second-order valence-corrected chi connectivity index (χ2v) is 7.53. The molecule has 1 N–H and O–H groups in total. The SMILES string of the molecule is CCc1ccc(CCC(=O)N(Cc2cccc(Br)c2)[C@H](C)C(=O)NC)cc1. The number of nitrogens with zero attached hydrogens (tertiary/aromatic N) is 1. The standard InChI is InChI=1S/C22H27BrN2O2/c1-4-17-8-10-18(11-9-17)12-13-21(26)25(16(2)22(27)24-3)15-19-6-5-7-20(23)14-19/h5-11,14,16H,4,12-13,15H2,1-3H3,(H,24,27)/t16-/m1/s1. The Labute approximate surface area is 170 Å². The molecule has 0 aliphatic carbocycles. The normalized spacial score (nSPS) is 11.7. The summed E-state index contributed by atoms with van der Waals surface area (Å²) in [6.45, 7) is 4.30. The number of hydrogen-bond acceptors (Lipinski definition) is 2. The Morgan fingerprint density at radius 3 is 2.33 bits per heavy atom. The van der Waals surface area contributed by atoms with Crippen molar-refractivity contribution in [3.63, 3.8) is 0 Å². The van der Waals surface area contributed by atoms with Crippen LogP contribution >= 0.6 is 15.9 Å². The summed E-state index contributed by atoms with van der Waals surface area (Å²) in [6.07, 6.45) is 2.04. The highest BCUT2D eigenvalue weighted by Crippen LogP contribution is 2.17. The lowest BCUT2D eigenvalue weighted by Crippen LogP contribution is -2.46. The molecule has 0 saturated heterocycles. The molecule has 0 radical (unpaired) electrons. The predicted octanol–water partition coefficient (Wildman–Crippen LogP) is 4.11. The summed E-state index contributed by atoms with van der Waals surface area (Å²) in [6, 6.07) is 15.6. The van der Waals surface area contributed by atoms with Crippen LogP contribution in [-0.2, 0) is 29.0 Å². The summed E-state index contributed by atoms with van der Waals surface area (Å²) in [4.78, 5) is 26.7. The Morgan fingerprint density at radius 2 is 1.74 bits per heavy atom. The third kappa shape index (κ3) is 6.21. The van der Waals surface area contributed by atoms with Crippen LogP contribution in [0, 0.1) is 0 Å². The van der Waals surface area contributed by atoms with Gasteiger partial charge in [-0.3, -0.25) is 9.59 Å². The Bertz CT molecular complexity index is 774. The first kappa shape index (κ1) is 21.2. The van der Waals surface area contributed by atoms with E-state index in [1.54, 1.807) is 18.9 Å². The number of aryl methyl sites for hydroxylation is 2. The monoisotopic (exact) mass is 430 g/mol. The second kappa shape index (κ2) is 10.3. The van der Waals surface area contributed by atoms with Crippen LogP contribution < -0.4 is 5.32 Å². The lowest BCUT2D eigenvalue weighted by atomic mass is 10.0. The van der Waals surface area contributed by atoms with Crippen LogP contribution in [-0.4, -0.2) is 29.8 Å². The fraction of sp³-hybridized carbons (Fsp3) is 0.364. The fourth-order valence-corrected chi connectivity index (χ4v) is 3.41. The third-order valence-corrected chi connectivity index (χ3v) is 5.21. The molecule has 0 aliphatic rings. The molecule has 0 saturated carbocycles. The number of hydrogen-bond donors (Lipinski definition) is 1. The molecule has 0 unspecified atom stereocenters. The van der Waals surface area contributed by atoms with Crippen LogP contribution in [0.5, 0.6) is 0 Å². The minimum Gasteiger partial charge on any atom is -0.357 e. The quantitative estimate of drug-likeness (QED) is 0.684. The fourth-order valence-electron chi connectivity index (χ4n) is 2.96. The van der Waals surface area contributed by atoms with Crippen molar-refractivity contribution < 1.29 is 9.59 Å². The molecule has 0 spiro atoms. The molecule has 0 fully saturated rings. The first-order chi connectivity index (χ1) is 12.9. The lowest BCUT2D eigenvalue weighted by molar-refractivity contribution is -0.140. The van der Waals surface area contributed by atoms with Gasteiger partial charge in [0.2, 0.25) is 11.8 Å². The van der Waals surface area contributed by atoms with E-state index in [1.165, 1.54) is 5.56 Å². The van der Waals surface area contributed by atoms with Crippen molar-refractivity contribution in [2.75, 3.05) is 7.05 Å². The minimum absolute atomic E-state index is 0.0226. The number of nitrogens with one attached hydrogen (secondary N) is 1. The van der Waals surface area contributed by atoms with Crippen LogP contribution in [0.1, 0.15) is 37.0 Å². The Kier molecular flexibility index (Phi) is 8.04. The Balaban J connectivity index is 2.10. The van der Waals surface area contributed by atoms with Gasteiger partial charge in [0.25, 0.3) is 0 Å². The van der Waals surface area contributed by atoms with Crippen molar-refractivity contribution in [1.29, 1.82) is 0 Å². The van der Waals surface area contributed by atoms with Crippen LogP contribution in [0.3, 0.4) is 0 Å². The largest absolute Gasteiger partial charge is 0.357 e. The topological polar surface area (TPSA) is 49.4 Å². The first-order valence-corrected chi connectivity index (χ1v) is 10.1. The van der Waals surface area contributed by atoms with E-state index in [0.29, 0.717) is 19.4 Å². The minimum atomic E-state index is -0.524. The van der Waals surface area contributed by atoms with Crippen molar-refractivity contribution in [2.24, 2.45) is 0 Å². The van der Waals surface area contributed by atoms with Crippen LogP contribution in [0.25, 0.3) is 0 Å². The molecule has 2 rings (SSSR count). The molecule has 2 amide bonds. The second-order valence-electron chi connectivity index (χ2n) is 6.61. The maximum atomic E-state index is 12.9.